The highest BCUT2D eigenvalue weighted by molar-refractivity contribution is 5.92. The van der Waals surface area contributed by atoms with Crippen LogP contribution in [0.1, 0.15) is 12.0 Å². The third-order valence-electron chi connectivity index (χ3n) is 5.74. The number of phenols is 1. The first-order valence-electron chi connectivity index (χ1n) is 10.9. The number of hydrogen-bond donors (Lipinski definition) is 2. The highest BCUT2D eigenvalue weighted by Crippen LogP contribution is 2.33. The van der Waals surface area contributed by atoms with Crippen LogP contribution in [0.5, 0.6) is 11.5 Å². The maximum Gasteiger partial charge on any atom is 0.412 e. The molecule has 5 rings (SSSR count). The van der Waals surface area contributed by atoms with Gasteiger partial charge in [-0.15, -0.1) is 0 Å². The summed E-state index contributed by atoms with van der Waals surface area (Å²) in [4.78, 5) is 24.0. The number of anilines is 1. The Morgan fingerprint density at radius 3 is 2.67 bits per heavy atom. The molecule has 0 aliphatic carbocycles. The minimum absolute atomic E-state index is 0.0646. The van der Waals surface area contributed by atoms with Gasteiger partial charge >= 0.3 is 6.09 Å². The van der Waals surface area contributed by atoms with Gasteiger partial charge in [0, 0.05) is 18.5 Å². The lowest BCUT2D eigenvalue weighted by atomic mass is 10.1. The van der Waals surface area contributed by atoms with Gasteiger partial charge in [-0.3, -0.25) is 0 Å². The Balaban J connectivity index is 1.41. The van der Waals surface area contributed by atoms with E-state index in [1.807, 2.05) is 55.5 Å². The molecule has 166 valence electrons. The first kappa shape index (κ1) is 20.8. The molecule has 0 bridgehead atoms. The maximum absolute atomic E-state index is 12.3. The third kappa shape index (κ3) is 4.43. The molecular formula is C26H24N4O3. The first-order valence-corrected chi connectivity index (χ1v) is 10.9. The molecule has 1 aromatic heterocycles. The van der Waals surface area contributed by atoms with Crippen molar-refractivity contribution in [2.24, 2.45) is 0 Å². The van der Waals surface area contributed by atoms with Crippen molar-refractivity contribution >= 4 is 22.8 Å². The van der Waals surface area contributed by atoms with Crippen LogP contribution < -0.4 is 15.0 Å². The van der Waals surface area contributed by atoms with Gasteiger partial charge in [0.2, 0.25) is 0 Å². The molecule has 1 amide bonds. The third-order valence-corrected chi connectivity index (χ3v) is 5.74. The van der Waals surface area contributed by atoms with E-state index >= 15 is 0 Å². The van der Waals surface area contributed by atoms with Gasteiger partial charge in [-0.25, -0.2) is 14.8 Å². The highest BCUT2D eigenvalue weighted by atomic mass is 16.6. The molecule has 7 nitrogen and oxygen atoms in total. The van der Waals surface area contributed by atoms with Crippen LogP contribution in [0.2, 0.25) is 0 Å². The van der Waals surface area contributed by atoms with E-state index in [-0.39, 0.29) is 11.8 Å². The van der Waals surface area contributed by atoms with Crippen molar-refractivity contribution in [3.8, 4) is 22.9 Å². The molecule has 1 saturated heterocycles. The molecule has 0 unspecified atom stereocenters. The molecule has 1 aliphatic heterocycles. The summed E-state index contributed by atoms with van der Waals surface area (Å²) in [6.07, 6.45) is 0.304. The topological polar surface area (TPSA) is 87.6 Å². The summed E-state index contributed by atoms with van der Waals surface area (Å²) in [5.74, 6) is 1.91. The van der Waals surface area contributed by atoms with E-state index in [9.17, 15) is 9.90 Å². The Bertz CT molecular complexity index is 1310. The van der Waals surface area contributed by atoms with Crippen molar-refractivity contribution in [2.45, 2.75) is 19.4 Å². The number of carbonyl (C=O) groups excluding carboxylic acids is 1. The monoisotopic (exact) mass is 440 g/mol. The van der Waals surface area contributed by atoms with Gasteiger partial charge in [-0.1, -0.05) is 36.4 Å². The second-order valence-electron chi connectivity index (χ2n) is 8.19. The molecule has 2 heterocycles. The molecule has 1 fully saturated rings. The molecular weight excluding hydrogens is 416 g/mol. The number of aryl methyl sites for hydroxylation is 1. The summed E-state index contributed by atoms with van der Waals surface area (Å²) in [7, 11) is 0. The van der Waals surface area contributed by atoms with Crippen molar-refractivity contribution < 1.29 is 14.6 Å². The quantitative estimate of drug-likeness (QED) is 0.479. The zero-order valence-electron chi connectivity index (χ0n) is 18.2. The second kappa shape index (κ2) is 8.78. The molecule has 33 heavy (non-hydrogen) atoms. The molecule has 4 aromatic rings. The summed E-state index contributed by atoms with van der Waals surface area (Å²) in [5.41, 5.74) is 2.50. The van der Waals surface area contributed by atoms with Crippen LogP contribution in [-0.2, 0) is 0 Å². The Labute approximate surface area is 191 Å². The average molecular weight is 441 g/mol. The zero-order chi connectivity index (χ0) is 22.8. The number of benzene rings is 3. The summed E-state index contributed by atoms with van der Waals surface area (Å²) in [6.45, 7) is 3.36. The fourth-order valence-corrected chi connectivity index (χ4v) is 4.11. The number of para-hydroxylation sites is 2. The van der Waals surface area contributed by atoms with E-state index in [0.29, 0.717) is 23.7 Å². The summed E-state index contributed by atoms with van der Waals surface area (Å²) in [6, 6.07) is 22.1. The van der Waals surface area contributed by atoms with E-state index in [4.69, 9.17) is 14.7 Å². The highest BCUT2D eigenvalue weighted by Gasteiger charge is 2.27. The van der Waals surface area contributed by atoms with Crippen molar-refractivity contribution in [1.82, 2.24) is 15.3 Å². The lowest BCUT2D eigenvalue weighted by Crippen LogP contribution is -2.39. The normalized spacial score (nSPS) is 15.5. The molecule has 0 radical (unpaired) electrons. The number of ether oxygens (including phenoxy) is 1. The standard InChI is InChI=1S/C26H24N4O3/c1-17-11-12-20-22(15-17)28-24(21-9-5-6-10-23(21)31)29-25(20)30-14-13-18(16-30)27-26(32)33-19-7-3-2-4-8-19/h2-12,15,18,31H,13-14,16H2,1H3,(H,27,32)/t18-/m1/s1. The number of aromatic hydroxyl groups is 1. The van der Waals surface area contributed by atoms with Crippen LogP contribution in [-0.4, -0.2) is 40.3 Å². The van der Waals surface area contributed by atoms with E-state index in [2.05, 4.69) is 10.2 Å². The van der Waals surface area contributed by atoms with Crippen molar-refractivity contribution in [3.05, 3.63) is 78.4 Å². The predicted octanol–water partition coefficient (Wildman–Crippen LogP) is 4.68. The van der Waals surface area contributed by atoms with Crippen molar-refractivity contribution in [1.29, 1.82) is 0 Å². The van der Waals surface area contributed by atoms with E-state index in [1.165, 1.54) is 0 Å². The van der Waals surface area contributed by atoms with Gasteiger partial charge in [-0.2, -0.15) is 0 Å². The Kier molecular flexibility index (Phi) is 5.52. The van der Waals surface area contributed by atoms with E-state index < -0.39 is 6.09 Å². The number of phenolic OH excluding ortho intramolecular Hbond substituents is 1. The van der Waals surface area contributed by atoms with Gasteiger partial charge in [0.15, 0.2) is 5.82 Å². The lowest BCUT2D eigenvalue weighted by molar-refractivity contribution is 0.197. The van der Waals surface area contributed by atoms with Crippen molar-refractivity contribution in [3.63, 3.8) is 0 Å². The molecule has 7 heteroatoms. The Hall–Kier alpha value is -4.13. The number of fused-ring (bicyclic) bond motifs is 1. The minimum atomic E-state index is -0.467. The van der Waals surface area contributed by atoms with Crippen LogP contribution in [0.3, 0.4) is 0 Å². The zero-order valence-corrected chi connectivity index (χ0v) is 18.2. The van der Waals surface area contributed by atoms with Crippen LogP contribution in [0.25, 0.3) is 22.3 Å². The number of nitrogens with zero attached hydrogens (tertiary/aromatic N) is 3. The molecule has 1 atom stereocenters. The van der Waals surface area contributed by atoms with Crippen LogP contribution in [0.15, 0.2) is 72.8 Å². The summed E-state index contributed by atoms with van der Waals surface area (Å²) in [5, 5.41) is 14.2. The largest absolute Gasteiger partial charge is 0.507 e. The number of rotatable bonds is 4. The molecule has 0 spiro atoms. The minimum Gasteiger partial charge on any atom is -0.507 e. The van der Waals surface area contributed by atoms with Gasteiger partial charge in [0.25, 0.3) is 0 Å². The Morgan fingerprint density at radius 1 is 1.06 bits per heavy atom. The lowest BCUT2D eigenvalue weighted by Gasteiger charge is -2.21. The summed E-state index contributed by atoms with van der Waals surface area (Å²) >= 11 is 0. The van der Waals surface area contributed by atoms with Gasteiger partial charge in [0.1, 0.15) is 17.3 Å². The van der Waals surface area contributed by atoms with E-state index in [0.717, 1.165) is 35.2 Å². The SMILES string of the molecule is Cc1ccc2c(N3CC[C@@H](NC(=O)Oc4ccccc4)C3)nc(-c3ccccc3O)nc2c1. The summed E-state index contributed by atoms with van der Waals surface area (Å²) < 4.78 is 5.37. The molecule has 3 aromatic carbocycles. The van der Waals surface area contributed by atoms with Gasteiger partial charge < -0.3 is 20.1 Å². The van der Waals surface area contributed by atoms with Gasteiger partial charge in [-0.05, 0) is 55.3 Å². The average Bonchev–Trinajstić information content (AvgIpc) is 3.27. The number of nitrogens with one attached hydrogen (secondary N) is 1. The Morgan fingerprint density at radius 2 is 1.85 bits per heavy atom. The second-order valence-corrected chi connectivity index (χ2v) is 8.19. The number of aromatic nitrogens is 2. The van der Waals surface area contributed by atoms with E-state index in [1.54, 1.807) is 24.3 Å². The fourth-order valence-electron chi connectivity index (χ4n) is 4.11. The predicted molar refractivity (Wildman–Crippen MR) is 128 cm³/mol. The first-order chi connectivity index (χ1) is 16.1. The molecule has 2 N–H and O–H groups in total. The van der Waals surface area contributed by atoms with Gasteiger partial charge in [0.05, 0.1) is 17.1 Å². The van der Waals surface area contributed by atoms with Crippen LogP contribution in [0.4, 0.5) is 10.6 Å². The van der Waals surface area contributed by atoms with Crippen molar-refractivity contribution in [2.75, 3.05) is 18.0 Å². The maximum atomic E-state index is 12.3. The smallest absolute Gasteiger partial charge is 0.412 e. The number of carbonyl (C=O) groups is 1. The number of hydrogen-bond acceptors (Lipinski definition) is 6. The van der Waals surface area contributed by atoms with Crippen LogP contribution >= 0.6 is 0 Å². The fraction of sp³-hybridized carbons (Fsp3) is 0.192. The van der Waals surface area contributed by atoms with Crippen LogP contribution in [0, 0.1) is 6.92 Å². The molecule has 0 saturated carbocycles. The number of amides is 1. The molecule has 1 aliphatic rings.